The first-order valence-electron chi connectivity index (χ1n) is 8.39. The predicted octanol–water partition coefficient (Wildman–Crippen LogP) is 1.93. The molecule has 0 aliphatic carbocycles. The van der Waals surface area contributed by atoms with Gasteiger partial charge in [-0.1, -0.05) is 33.8 Å². The summed E-state index contributed by atoms with van der Waals surface area (Å²) in [5.41, 5.74) is 5.05. The highest BCUT2D eigenvalue weighted by molar-refractivity contribution is 5.30. The second kappa shape index (κ2) is 11.3. The van der Waals surface area contributed by atoms with Crippen molar-refractivity contribution in [1.29, 1.82) is 0 Å². The number of alkyl halides is 2. The Balaban J connectivity index is 0.000000430. The molecule has 1 aliphatic rings. The molecule has 1 saturated heterocycles. The van der Waals surface area contributed by atoms with E-state index in [2.05, 4.69) is 4.98 Å². The Morgan fingerprint density at radius 2 is 1.92 bits per heavy atom. The van der Waals surface area contributed by atoms with Crippen molar-refractivity contribution in [1.82, 2.24) is 4.98 Å². The lowest BCUT2D eigenvalue weighted by Crippen LogP contribution is -2.46. The van der Waals surface area contributed by atoms with Crippen LogP contribution in [0.2, 0.25) is 0 Å². The number of halogens is 2. The summed E-state index contributed by atoms with van der Waals surface area (Å²) in [4.78, 5) is 3.59. The summed E-state index contributed by atoms with van der Waals surface area (Å²) >= 11 is 0. The van der Waals surface area contributed by atoms with Gasteiger partial charge >= 0.3 is 0 Å². The van der Waals surface area contributed by atoms with Crippen LogP contribution < -0.4 is 5.73 Å². The summed E-state index contributed by atoms with van der Waals surface area (Å²) in [6.45, 7) is 7.07. The molecule has 0 radical (unpaired) electrons. The van der Waals surface area contributed by atoms with Crippen molar-refractivity contribution >= 4 is 5.82 Å². The van der Waals surface area contributed by atoms with Crippen molar-refractivity contribution in [2.45, 2.75) is 58.4 Å². The van der Waals surface area contributed by atoms with Crippen molar-refractivity contribution in [3.63, 3.8) is 0 Å². The maximum absolute atomic E-state index is 13.3. The predicted molar refractivity (Wildman–Crippen MR) is 92.2 cm³/mol. The van der Waals surface area contributed by atoms with Crippen LogP contribution in [0.5, 0.6) is 0 Å². The molecule has 0 aromatic carbocycles. The summed E-state index contributed by atoms with van der Waals surface area (Å²) in [6.07, 6.45) is -1.84. The quantitative estimate of drug-likeness (QED) is 0.653. The molecular weight excluding hydrogens is 334 g/mol. The number of aliphatic hydroxyl groups is 3. The van der Waals surface area contributed by atoms with Crippen molar-refractivity contribution in [3.8, 4) is 0 Å². The molecule has 1 aromatic heterocycles. The molecule has 6 nitrogen and oxygen atoms in total. The topological polar surface area (TPSA) is 109 Å². The standard InChI is InChI=1S/C9H12F2N2.C6H12O4.C2H6/c1-6(2)9(10,11)7-4-3-5-8(12)13-7;7-3-5-6(9)4(8)1-2-10-5;1-2/h3-6H,1-2H3,(H2,12,13);4-9H,1-3H2;1-2H3. The Labute approximate surface area is 147 Å². The minimum Gasteiger partial charge on any atom is -0.394 e. The number of aliphatic hydroxyl groups excluding tert-OH is 3. The third-order valence-electron chi connectivity index (χ3n) is 3.54. The van der Waals surface area contributed by atoms with Gasteiger partial charge in [0.25, 0.3) is 5.92 Å². The van der Waals surface area contributed by atoms with Crippen LogP contribution in [0.4, 0.5) is 14.6 Å². The number of rotatable bonds is 3. The van der Waals surface area contributed by atoms with Crippen LogP contribution in [0.15, 0.2) is 18.2 Å². The first kappa shape index (κ1) is 23.6. The minimum atomic E-state index is -2.91. The summed E-state index contributed by atoms with van der Waals surface area (Å²) in [5, 5.41) is 26.7. The largest absolute Gasteiger partial charge is 0.394 e. The van der Waals surface area contributed by atoms with E-state index < -0.39 is 30.2 Å². The van der Waals surface area contributed by atoms with Gasteiger partial charge in [-0.3, -0.25) is 0 Å². The van der Waals surface area contributed by atoms with Crippen molar-refractivity contribution in [3.05, 3.63) is 23.9 Å². The van der Waals surface area contributed by atoms with Crippen LogP contribution in [-0.2, 0) is 10.7 Å². The maximum Gasteiger partial charge on any atom is 0.292 e. The van der Waals surface area contributed by atoms with E-state index >= 15 is 0 Å². The van der Waals surface area contributed by atoms with Crippen LogP contribution in [0.1, 0.15) is 39.8 Å². The van der Waals surface area contributed by atoms with Crippen LogP contribution in [-0.4, -0.2) is 51.8 Å². The molecule has 0 spiro atoms. The van der Waals surface area contributed by atoms with Crippen LogP contribution in [0, 0.1) is 5.92 Å². The van der Waals surface area contributed by atoms with E-state index in [9.17, 15) is 8.78 Å². The SMILES string of the molecule is CC.CC(C)C(F)(F)c1cccc(N)n1.OCC1OCCC(O)C1O. The summed E-state index contributed by atoms with van der Waals surface area (Å²) in [7, 11) is 0. The van der Waals surface area contributed by atoms with Gasteiger partial charge in [0.15, 0.2) is 0 Å². The van der Waals surface area contributed by atoms with Crippen molar-refractivity contribution in [2.75, 3.05) is 18.9 Å². The average molecular weight is 364 g/mol. The molecule has 1 aliphatic heterocycles. The van der Waals surface area contributed by atoms with Crippen LogP contribution in [0.3, 0.4) is 0 Å². The molecule has 0 saturated carbocycles. The van der Waals surface area contributed by atoms with E-state index in [1.54, 1.807) is 0 Å². The maximum atomic E-state index is 13.3. The summed E-state index contributed by atoms with van der Waals surface area (Å²) in [6, 6.07) is 4.25. The molecule has 1 fully saturated rings. The normalized spacial score (nSPS) is 23.2. The van der Waals surface area contributed by atoms with Gasteiger partial charge in [-0.15, -0.1) is 0 Å². The zero-order valence-electron chi connectivity index (χ0n) is 15.2. The number of anilines is 1. The molecule has 146 valence electrons. The minimum absolute atomic E-state index is 0.123. The van der Waals surface area contributed by atoms with E-state index in [0.717, 1.165) is 0 Å². The fraction of sp³-hybridized carbons (Fsp3) is 0.706. The monoisotopic (exact) mass is 364 g/mol. The van der Waals surface area contributed by atoms with E-state index in [1.807, 2.05) is 13.8 Å². The second-order valence-corrected chi connectivity index (χ2v) is 5.66. The highest BCUT2D eigenvalue weighted by Gasteiger charge is 2.37. The number of nitrogen functional groups attached to an aromatic ring is 1. The number of nitrogens with zero attached hydrogens (tertiary/aromatic N) is 1. The van der Waals surface area contributed by atoms with Gasteiger partial charge < -0.3 is 25.8 Å². The molecule has 3 atom stereocenters. The van der Waals surface area contributed by atoms with Gasteiger partial charge in [-0.2, -0.15) is 8.78 Å². The number of nitrogens with two attached hydrogens (primary N) is 1. The van der Waals surface area contributed by atoms with E-state index in [4.69, 9.17) is 25.8 Å². The third kappa shape index (κ3) is 7.19. The van der Waals surface area contributed by atoms with Crippen molar-refractivity contribution < 1.29 is 28.8 Å². The summed E-state index contributed by atoms with van der Waals surface area (Å²) < 4.78 is 31.6. The van der Waals surface area contributed by atoms with E-state index in [1.165, 1.54) is 32.0 Å². The van der Waals surface area contributed by atoms with Crippen LogP contribution in [0.25, 0.3) is 0 Å². The van der Waals surface area contributed by atoms with Crippen molar-refractivity contribution in [2.24, 2.45) is 5.92 Å². The van der Waals surface area contributed by atoms with E-state index in [-0.39, 0.29) is 18.1 Å². The fourth-order valence-electron chi connectivity index (χ4n) is 1.95. The third-order valence-corrected chi connectivity index (χ3v) is 3.54. The van der Waals surface area contributed by atoms with E-state index in [0.29, 0.717) is 13.0 Å². The lowest BCUT2D eigenvalue weighted by atomic mass is 10.0. The van der Waals surface area contributed by atoms with Gasteiger partial charge in [-0.05, 0) is 18.6 Å². The number of hydrogen-bond acceptors (Lipinski definition) is 6. The Kier molecular flexibility index (Phi) is 10.7. The number of aromatic nitrogens is 1. The van der Waals surface area contributed by atoms with Gasteiger partial charge in [0.1, 0.15) is 23.7 Å². The molecule has 2 rings (SSSR count). The second-order valence-electron chi connectivity index (χ2n) is 5.66. The molecule has 3 unspecified atom stereocenters. The lowest BCUT2D eigenvalue weighted by molar-refractivity contribution is -0.147. The Morgan fingerprint density at radius 3 is 2.36 bits per heavy atom. The first-order chi connectivity index (χ1) is 11.7. The number of hydrogen-bond donors (Lipinski definition) is 4. The molecule has 0 bridgehead atoms. The molecule has 2 heterocycles. The average Bonchev–Trinajstić information content (AvgIpc) is 2.59. The Bertz CT molecular complexity index is 489. The van der Waals surface area contributed by atoms with Gasteiger partial charge in [0, 0.05) is 12.5 Å². The Hall–Kier alpha value is -1.35. The molecule has 5 N–H and O–H groups in total. The number of ether oxygens (including phenoxy) is 1. The van der Waals surface area contributed by atoms with Gasteiger partial charge in [-0.25, -0.2) is 4.98 Å². The fourth-order valence-corrected chi connectivity index (χ4v) is 1.95. The smallest absolute Gasteiger partial charge is 0.292 e. The molecule has 25 heavy (non-hydrogen) atoms. The molecular formula is C17H30F2N2O4. The number of pyridine rings is 1. The van der Waals surface area contributed by atoms with Crippen LogP contribution >= 0.6 is 0 Å². The first-order valence-corrected chi connectivity index (χ1v) is 8.39. The highest BCUT2D eigenvalue weighted by Crippen LogP contribution is 2.34. The zero-order chi connectivity index (χ0) is 19.6. The Morgan fingerprint density at radius 1 is 1.32 bits per heavy atom. The lowest BCUT2D eigenvalue weighted by Gasteiger charge is -2.30. The highest BCUT2D eigenvalue weighted by atomic mass is 19.3. The molecule has 8 heteroatoms. The summed E-state index contributed by atoms with van der Waals surface area (Å²) in [5.74, 6) is -3.56. The zero-order valence-corrected chi connectivity index (χ0v) is 15.2. The molecule has 0 amide bonds. The molecule has 1 aromatic rings. The van der Waals surface area contributed by atoms with Gasteiger partial charge in [0.2, 0.25) is 0 Å². The van der Waals surface area contributed by atoms with Gasteiger partial charge in [0.05, 0.1) is 12.7 Å².